The maximum atomic E-state index is 11.7. The lowest BCUT2D eigenvalue weighted by Gasteiger charge is -2.09. The predicted octanol–water partition coefficient (Wildman–Crippen LogP) is 2.89. The molecule has 1 N–H and O–H groups in total. The largest absolute Gasteiger partial charge is 0.362 e. The van der Waals surface area contributed by atoms with Crippen LogP contribution in [0.25, 0.3) is 10.6 Å². The molecule has 9 nitrogen and oxygen atoms in total. The molecule has 10 heteroatoms. The van der Waals surface area contributed by atoms with Crippen LogP contribution in [0.5, 0.6) is 0 Å². The third kappa shape index (κ3) is 4.35. The zero-order valence-electron chi connectivity index (χ0n) is 12.1. The highest BCUT2D eigenvalue weighted by molar-refractivity contribution is 7.90. The third-order valence-electron chi connectivity index (χ3n) is 2.94. The summed E-state index contributed by atoms with van der Waals surface area (Å²) in [7, 11) is -4.49. The smallest absolute Gasteiger partial charge is 0.339 e. The molecule has 24 heavy (non-hydrogen) atoms. The van der Waals surface area contributed by atoms with Gasteiger partial charge in [-0.2, -0.15) is 8.42 Å². The Bertz CT molecular complexity index is 917. The van der Waals surface area contributed by atoms with E-state index in [1.165, 1.54) is 42.5 Å². The summed E-state index contributed by atoms with van der Waals surface area (Å²) in [6, 6.07) is 0. The summed E-state index contributed by atoms with van der Waals surface area (Å²) in [5.41, 5.74) is 9.76. The lowest BCUT2D eigenvalue weighted by atomic mass is 10.0. The summed E-state index contributed by atoms with van der Waals surface area (Å²) in [5.74, 6) is 0. The fraction of sp³-hybridized carbons (Fsp3) is 0. The van der Waals surface area contributed by atoms with Crippen LogP contribution >= 0.6 is 0 Å². The van der Waals surface area contributed by atoms with Gasteiger partial charge in [0.25, 0.3) is 15.5 Å². The first-order chi connectivity index (χ1) is 11.4. The van der Waals surface area contributed by atoms with Gasteiger partial charge in [0.2, 0.25) is 0 Å². The molecule has 2 aliphatic rings. The Hall–Kier alpha value is -3.29. The van der Waals surface area contributed by atoms with Crippen LogP contribution in [0.15, 0.2) is 86.2 Å². The van der Waals surface area contributed by atoms with Crippen molar-refractivity contribution in [3.63, 3.8) is 0 Å². The summed E-state index contributed by atoms with van der Waals surface area (Å²) < 4.78 is 32.8. The van der Waals surface area contributed by atoms with Gasteiger partial charge in [0.1, 0.15) is 4.91 Å². The van der Waals surface area contributed by atoms with E-state index in [1.54, 1.807) is 12.2 Å². The van der Waals surface area contributed by atoms with Crippen molar-refractivity contribution in [3.05, 3.63) is 81.4 Å². The van der Waals surface area contributed by atoms with E-state index in [9.17, 15) is 13.0 Å². The maximum absolute atomic E-state index is 11.7. The van der Waals surface area contributed by atoms with Gasteiger partial charge in [0.15, 0.2) is 10.8 Å². The van der Waals surface area contributed by atoms with E-state index < -0.39 is 10.1 Å². The van der Waals surface area contributed by atoms with Crippen LogP contribution in [-0.2, 0) is 10.1 Å². The molecule has 2 aliphatic carbocycles. The van der Waals surface area contributed by atoms with Crippen molar-refractivity contribution in [2.45, 2.75) is 0 Å². The van der Waals surface area contributed by atoms with Crippen molar-refractivity contribution in [1.29, 1.82) is 5.39 Å². The summed E-state index contributed by atoms with van der Waals surface area (Å²) >= 11 is 0. The first-order valence-corrected chi connectivity index (χ1v) is 7.88. The molecule has 0 amide bonds. The summed E-state index contributed by atoms with van der Waals surface area (Å²) in [6.45, 7) is 0. The van der Waals surface area contributed by atoms with Gasteiger partial charge in [0.05, 0.1) is 0 Å². The molecule has 0 unspecified atom stereocenters. The van der Waals surface area contributed by atoms with Crippen molar-refractivity contribution in [3.8, 4) is 0 Å². The zero-order valence-corrected chi connectivity index (χ0v) is 12.9. The Morgan fingerprint density at radius 2 is 1.67 bits per heavy atom. The Kier molecular flexibility index (Phi) is 5.20. The van der Waals surface area contributed by atoms with Gasteiger partial charge < -0.3 is 10.6 Å². The second-order valence-electron chi connectivity index (χ2n) is 4.50. The quantitative estimate of drug-likeness (QED) is 0.364. The standard InChI is InChI=1S/C14H10N6O3S/c15-19-17-12-5-1-10(2-6-12)9-14(24(21,22)23)11-3-7-13(8-4-11)18-20-16/h1-9H,(H,21,22,23). The first kappa shape index (κ1) is 17.1. The van der Waals surface area contributed by atoms with Gasteiger partial charge in [-0.25, -0.2) is 0 Å². The normalized spacial score (nSPS) is 16.0. The molecule has 0 atom stereocenters. The highest BCUT2D eigenvalue weighted by Gasteiger charge is 2.17. The molecule has 0 bridgehead atoms. The summed E-state index contributed by atoms with van der Waals surface area (Å²) in [6.07, 6.45) is 13.1. The van der Waals surface area contributed by atoms with Gasteiger partial charge in [-0.3, -0.25) is 9.78 Å². The summed E-state index contributed by atoms with van der Waals surface area (Å²) in [5, 5.41) is 20.4. The van der Waals surface area contributed by atoms with E-state index in [1.807, 2.05) is 0 Å². The molecule has 0 aromatic heterocycles. The number of allylic oxidation sites excluding steroid dienone is 11. The first-order valence-electron chi connectivity index (χ1n) is 6.44. The topological polar surface area (TPSA) is 142 Å². The predicted molar refractivity (Wildman–Crippen MR) is 89.0 cm³/mol. The second kappa shape index (κ2) is 7.32. The van der Waals surface area contributed by atoms with Gasteiger partial charge in [-0.1, -0.05) is 36.5 Å². The average Bonchev–Trinajstić information content (AvgIpc) is 2.55. The molecule has 2 rings (SSSR count). The maximum Gasteiger partial charge on any atom is 0.339 e. The van der Waals surface area contributed by atoms with Gasteiger partial charge in [-0.05, 0) is 35.1 Å². The molecular weight excluding hydrogens is 332 g/mol. The highest BCUT2D eigenvalue weighted by Crippen LogP contribution is 2.21. The Balaban J connectivity index is 2.44. The minimum Gasteiger partial charge on any atom is -0.362 e. The number of rotatable bonds is 3. The SMILES string of the molecule is N#[N+]N=C1C=CC(=C(C=C2C=CC(=NN=[N-])C=C2)S(=O)(=O)O)C=C1. The van der Waals surface area contributed by atoms with E-state index in [0.717, 1.165) is 0 Å². The minimum absolute atomic E-state index is 0.230. The van der Waals surface area contributed by atoms with Crippen LogP contribution in [0.4, 0.5) is 0 Å². The molecule has 0 heterocycles. The van der Waals surface area contributed by atoms with E-state index in [-0.39, 0.29) is 10.5 Å². The lowest BCUT2D eigenvalue weighted by molar-refractivity contribution is 0.492. The second-order valence-corrected chi connectivity index (χ2v) is 5.89. The molecule has 0 radical (unpaired) electrons. The van der Waals surface area contributed by atoms with Crippen LogP contribution in [0.1, 0.15) is 0 Å². The molecule has 0 aromatic rings. The van der Waals surface area contributed by atoms with Crippen LogP contribution < -0.4 is 0 Å². The number of nitrogens with zero attached hydrogens (tertiary/aromatic N) is 6. The summed E-state index contributed by atoms with van der Waals surface area (Å²) in [4.78, 5) is -0.313. The Morgan fingerprint density at radius 3 is 2.17 bits per heavy atom. The van der Waals surface area contributed by atoms with E-state index in [2.05, 4.69) is 20.5 Å². The van der Waals surface area contributed by atoms with Crippen LogP contribution in [0.2, 0.25) is 0 Å². The van der Waals surface area contributed by atoms with Gasteiger partial charge >= 0.3 is 5.08 Å². The number of hydrogen-bond donors (Lipinski definition) is 1. The van der Waals surface area contributed by atoms with Crippen molar-refractivity contribution in [1.82, 2.24) is 0 Å². The fourth-order valence-corrected chi connectivity index (χ4v) is 2.61. The van der Waals surface area contributed by atoms with E-state index in [4.69, 9.17) is 10.9 Å². The minimum atomic E-state index is -4.49. The Labute approximate surface area is 137 Å². The zero-order chi connectivity index (χ0) is 17.6. The molecule has 0 aromatic carbocycles. The van der Waals surface area contributed by atoms with Gasteiger partial charge in [-0.15, -0.1) is 0 Å². The van der Waals surface area contributed by atoms with Crippen LogP contribution in [0, 0.1) is 5.39 Å². The van der Waals surface area contributed by atoms with E-state index >= 15 is 0 Å². The van der Waals surface area contributed by atoms with E-state index in [0.29, 0.717) is 17.0 Å². The van der Waals surface area contributed by atoms with Crippen LogP contribution in [0.3, 0.4) is 0 Å². The molecule has 0 fully saturated rings. The van der Waals surface area contributed by atoms with Crippen LogP contribution in [-0.4, -0.2) is 24.4 Å². The molecule has 120 valence electrons. The Morgan fingerprint density at radius 1 is 1.08 bits per heavy atom. The van der Waals surface area contributed by atoms with Crippen molar-refractivity contribution < 1.29 is 13.0 Å². The third-order valence-corrected chi connectivity index (χ3v) is 3.85. The van der Waals surface area contributed by atoms with Crippen molar-refractivity contribution >= 4 is 21.5 Å². The molecule has 0 spiro atoms. The monoisotopic (exact) mass is 342 g/mol. The molecule has 0 saturated carbocycles. The van der Waals surface area contributed by atoms with Crippen molar-refractivity contribution in [2.24, 2.45) is 15.4 Å². The molecule has 0 aliphatic heterocycles. The lowest BCUT2D eigenvalue weighted by Crippen LogP contribution is -2.05. The molecular formula is C14H10N6O3S. The van der Waals surface area contributed by atoms with Crippen molar-refractivity contribution in [2.75, 3.05) is 0 Å². The number of diazo groups is 1. The van der Waals surface area contributed by atoms with Gasteiger partial charge in [0, 0.05) is 0 Å². The average molecular weight is 342 g/mol. The molecule has 0 saturated heterocycles. The number of hydrogen-bond acceptors (Lipinski definition) is 5. The highest BCUT2D eigenvalue weighted by atomic mass is 32.2. The fourth-order valence-electron chi connectivity index (χ4n) is 1.89.